The van der Waals surface area contributed by atoms with Crippen LogP contribution in [0.5, 0.6) is 5.75 Å². The number of halogens is 1. The fourth-order valence-corrected chi connectivity index (χ4v) is 1.93. The molecule has 1 amide bonds. The Kier molecular flexibility index (Phi) is 4.23. The highest BCUT2D eigenvalue weighted by Crippen LogP contribution is 2.16. The second-order valence-corrected chi connectivity index (χ2v) is 4.44. The van der Waals surface area contributed by atoms with E-state index in [0.29, 0.717) is 10.8 Å². The van der Waals surface area contributed by atoms with Crippen LogP contribution in [0.3, 0.4) is 0 Å². The minimum absolute atomic E-state index is 0.0246. The van der Waals surface area contributed by atoms with E-state index in [2.05, 4.69) is 10.6 Å². The van der Waals surface area contributed by atoms with Crippen molar-refractivity contribution in [3.8, 4) is 5.75 Å². The van der Waals surface area contributed by atoms with E-state index in [-0.39, 0.29) is 18.6 Å². The number of amides is 1. The van der Waals surface area contributed by atoms with Crippen LogP contribution < -0.4 is 15.4 Å². The highest BCUT2D eigenvalue weighted by molar-refractivity contribution is 6.30. The summed E-state index contributed by atoms with van der Waals surface area (Å²) in [5.41, 5.74) is 0. The van der Waals surface area contributed by atoms with E-state index in [0.717, 1.165) is 19.5 Å². The molecule has 2 N–H and O–H groups in total. The molecule has 0 aromatic heterocycles. The predicted molar refractivity (Wildman–Crippen MR) is 66.4 cm³/mol. The van der Waals surface area contributed by atoms with Crippen LogP contribution in [0, 0.1) is 0 Å². The summed E-state index contributed by atoms with van der Waals surface area (Å²) >= 11 is 5.81. The molecule has 4 nitrogen and oxygen atoms in total. The summed E-state index contributed by atoms with van der Waals surface area (Å²) in [6, 6.07) is 7.24. The lowest BCUT2D eigenvalue weighted by atomic mass is 10.2. The van der Waals surface area contributed by atoms with E-state index >= 15 is 0 Å². The first-order valence-corrected chi connectivity index (χ1v) is 6.00. The minimum Gasteiger partial charge on any atom is -0.484 e. The summed E-state index contributed by atoms with van der Waals surface area (Å²) < 4.78 is 5.34. The van der Waals surface area contributed by atoms with Crippen molar-refractivity contribution < 1.29 is 9.53 Å². The molecule has 1 saturated heterocycles. The highest BCUT2D eigenvalue weighted by Gasteiger charge is 2.16. The number of ether oxygens (including phenoxy) is 1. The Morgan fingerprint density at radius 1 is 1.59 bits per heavy atom. The number of nitrogens with one attached hydrogen (secondary N) is 2. The summed E-state index contributed by atoms with van der Waals surface area (Å²) in [4.78, 5) is 11.6. The van der Waals surface area contributed by atoms with Gasteiger partial charge >= 0.3 is 0 Å². The number of carbonyl (C=O) groups is 1. The lowest BCUT2D eigenvalue weighted by Crippen LogP contribution is -2.39. The summed E-state index contributed by atoms with van der Waals surface area (Å²) in [6.07, 6.45) is 0.975. The zero-order valence-electron chi connectivity index (χ0n) is 9.41. The van der Waals surface area contributed by atoms with Crippen molar-refractivity contribution in [3.63, 3.8) is 0 Å². The average Bonchev–Trinajstić information content (AvgIpc) is 2.79. The second-order valence-electron chi connectivity index (χ2n) is 4.00. The Morgan fingerprint density at radius 3 is 3.18 bits per heavy atom. The molecular formula is C12H15ClN2O2. The molecule has 0 radical (unpaired) electrons. The normalized spacial score (nSPS) is 19.0. The summed E-state index contributed by atoms with van der Waals surface area (Å²) in [5.74, 6) is 0.510. The van der Waals surface area contributed by atoms with Gasteiger partial charge in [0.1, 0.15) is 5.75 Å². The Morgan fingerprint density at radius 2 is 2.47 bits per heavy atom. The summed E-state index contributed by atoms with van der Waals surface area (Å²) in [6.45, 7) is 1.82. The maximum atomic E-state index is 11.6. The molecule has 2 rings (SSSR count). The quantitative estimate of drug-likeness (QED) is 0.849. The monoisotopic (exact) mass is 254 g/mol. The number of carbonyl (C=O) groups excluding carboxylic acids is 1. The maximum Gasteiger partial charge on any atom is 0.258 e. The van der Waals surface area contributed by atoms with E-state index in [4.69, 9.17) is 16.3 Å². The first kappa shape index (κ1) is 12.2. The van der Waals surface area contributed by atoms with Crippen LogP contribution in [0.15, 0.2) is 24.3 Å². The first-order valence-electron chi connectivity index (χ1n) is 5.62. The lowest BCUT2D eigenvalue weighted by molar-refractivity contribution is -0.123. The van der Waals surface area contributed by atoms with Crippen molar-refractivity contribution in [2.24, 2.45) is 0 Å². The molecule has 0 bridgehead atoms. The van der Waals surface area contributed by atoms with E-state index < -0.39 is 0 Å². The van der Waals surface area contributed by atoms with Gasteiger partial charge in [-0.1, -0.05) is 17.7 Å². The molecule has 5 heteroatoms. The third kappa shape index (κ3) is 3.91. The molecule has 1 atom stereocenters. The molecule has 1 aromatic rings. The van der Waals surface area contributed by atoms with Gasteiger partial charge in [0.05, 0.1) is 0 Å². The van der Waals surface area contributed by atoms with Crippen LogP contribution in [0.4, 0.5) is 0 Å². The summed E-state index contributed by atoms with van der Waals surface area (Å²) in [5, 5.41) is 6.69. The smallest absolute Gasteiger partial charge is 0.258 e. The maximum absolute atomic E-state index is 11.6. The van der Waals surface area contributed by atoms with Crippen molar-refractivity contribution in [2.45, 2.75) is 12.5 Å². The Balaban J connectivity index is 1.75. The van der Waals surface area contributed by atoms with Crippen molar-refractivity contribution in [1.82, 2.24) is 10.6 Å². The molecule has 1 heterocycles. The first-order chi connectivity index (χ1) is 8.24. The largest absolute Gasteiger partial charge is 0.484 e. The Labute approximate surface area is 105 Å². The van der Waals surface area contributed by atoms with Crippen molar-refractivity contribution in [3.05, 3.63) is 29.3 Å². The fraction of sp³-hybridized carbons (Fsp3) is 0.417. The van der Waals surface area contributed by atoms with Gasteiger partial charge in [0.25, 0.3) is 5.91 Å². The van der Waals surface area contributed by atoms with Gasteiger partial charge in [-0.25, -0.2) is 0 Å². The molecule has 1 fully saturated rings. The van der Waals surface area contributed by atoms with E-state index in [1.54, 1.807) is 24.3 Å². The third-order valence-electron chi connectivity index (χ3n) is 2.59. The molecule has 0 aliphatic carbocycles. The van der Waals surface area contributed by atoms with Gasteiger partial charge in [0.2, 0.25) is 0 Å². The highest BCUT2D eigenvalue weighted by atomic mass is 35.5. The van der Waals surface area contributed by atoms with E-state index in [1.807, 2.05) is 0 Å². The fourth-order valence-electron chi connectivity index (χ4n) is 1.75. The molecule has 1 aliphatic rings. The topological polar surface area (TPSA) is 50.4 Å². The van der Waals surface area contributed by atoms with Crippen LogP contribution >= 0.6 is 11.6 Å². The van der Waals surface area contributed by atoms with Crippen molar-refractivity contribution in [2.75, 3.05) is 19.7 Å². The van der Waals surface area contributed by atoms with Crippen molar-refractivity contribution >= 4 is 17.5 Å². The van der Waals surface area contributed by atoms with Crippen LogP contribution in [0.2, 0.25) is 5.02 Å². The van der Waals surface area contributed by atoms with Crippen LogP contribution in [-0.4, -0.2) is 31.6 Å². The van der Waals surface area contributed by atoms with Gasteiger partial charge in [-0.2, -0.15) is 0 Å². The van der Waals surface area contributed by atoms with E-state index in [9.17, 15) is 4.79 Å². The van der Waals surface area contributed by atoms with Gasteiger partial charge in [0, 0.05) is 17.6 Å². The van der Waals surface area contributed by atoms with E-state index in [1.165, 1.54) is 0 Å². The van der Waals surface area contributed by atoms with Gasteiger partial charge in [-0.15, -0.1) is 0 Å². The molecule has 0 unspecified atom stereocenters. The molecular weight excluding hydrogens is 240 g/mol. The third-order valence-corrected chi connectivity index (χ3v) is 2.83. The molecule has 17 heavy (non-hydrogen) atoms. The van der Waals surface area contributed by atoms with Crippen molar-refractivity contribution in [1.29, 1.82) is 0 Å². The summed E-state index contributed by atoms with van der Waals surface area (Å²) in [7, 11) is 0. The molecule has 92 valence electrons. The van der Waals surface area contributed by atoms with Gasteiger partial charge in [-0.05, 0) is 31.2 Å². The SMILES string of the molecule is O=C(COc1cccc(Cl)c1)N[C@H]1CCNC1. The number of hydrogen-bond acceptors (Lipinski definition) is 3. The second kappa shape index (κ2) is 5.89. The van der Waals surface area contributed by atoms with Crippen LogP contribution in [0.25, 0.3) is 0 Å². The number of benzene rings is 1. The number of hydrogen-bond donors (Lipinski definition) is 2. The number of rotatable bonds is 4. The molecule has 0 saturated carbocycles. The lowest BCUT2D eigenvalue weighted by Gasteiger charge is -2.12. The van der Waals surface area contributed by atoms with Gasteiger partial charge in [-0.3, -0.25) is 4.79 Å². The van der Waals surface area contributed by atoms with Crippen LogP contribution in [0.1, 0.15) is 6.42 Å². The van der Waals surface area contributed by atoms with Gasteiger partial charge < -0.3 is 15.4 Å². The predicted octanol–water partition coefficient (Wildman–Crippen LogP) is 1.20. The molecule has 1 aromatic carbocycles. The minimum atomic E-state index is -0.0984. The average molecular weight is 255 g/mol. The standard InChI is InChI=1S/C12H15ClN2O2/c13-9-2-1-3-11(6-9)17-8-12(16)15-10-4-5-14-7-10/h1-3,6,10,14H,4-5,7-8H2,(H,15,16)/t10-/m0/s1. The van der Waals surface area contributed by atoms with Gasteiger partial charge in [0.15, 0.2) is 6.61 Å². The molecule has 0 spiro atoms. The Hall–Kier alpha value is -1.26. The molecule has 1 aliphatic heterocycles. The zero-order chi connectivity index (χ0) is 12.1. The zero-order valence-corrected chi connectivity index (χ0v) is 10.2. The van der Waals surface area contributed by atoms with Crippen LogP contribution in [-0.2, 0) is 4.79 Å². The Bertz CT molecular complexity index is 392.